The van der Waals surface area contributed by atoms with Gasteiger partial charge in [-0.15, -0.1) is 0 Å². The Balaban J connectivity index is 2.25. The standard InChI is InChI=1S/C15H30N4O2/c1-12-7-6-10-19(11-12)13(16-5)17-8-9-18-14(20)21-15(2,3)4/h12H,6-11H2,1-5H3,(H,16,17)(H,18,20). The molecule has 1 aliphatic rings. The Kier molecular flexibility index (Phi) is 6.78. The molecule has 0 spiro atoms. The summed E-state index contributed by atoms with van der Waals surface area (Å²) in [4.78, 5) is 18.1. The van der Waals surface area contributed by atoms with Crippen molar-refractivity contribution in [2.75, 3.05) is 33.2 Å². The van der Waals surface area contributed by atoms with E-state index in [1.807, 2.05) is 20.8 Å². The van der Waals surface area contributed by atoms with E-state index in [2.05, 4.69) is 27.4 Å². The highest BCUT2D eigenvalue weighted by Gasteiger charge is 2.19. The summed E-state index contributed by atoms with van der Waals surface area (Å²) < 4.78 is 5.18. The van der Waals surface area contributed by atoms with Crippen LogP contribution in [0.3, 0.4) is 0 Å². The lowest BCUT2D eigenvalue weighted by Crippen LogP contribution is -2.48. The van der Waals surface area contributed by atoms with Crippen LogP contribution >= 0.6 is 0 Å². The molecule has 0 saturated carbocycles. The minimum Gasteiger partial charge on any atom is -0.444 e. The molecular weight excluding hydrogens is 268 g/mol. The van der Waals surface area contributed by atoms with Gasteiger partial charge in [-0.25, -0.2) is 4.79 Å². The smallest absolute Gasteiger partial charge is 0.407 e. The highest BCUT2D eigenvalue weighted by molar-refractivity contribution is 5.80. The summed E-state index contributed by atoms with van der Waals surface area (Å²) >= 11 is 0. The van der Waals surface area contributed by atoms with E-state index in [4.69, 9.17) is 4.74 Å². The van der Waals surface area contributed by atoms with Crippen molar-refractivity contribution in [3.63, 3.8) is 0 Å². The molecule has 6 nitrogen and oxygen atoms in total. The molecule has 0 bridgehead atoms. The number of carbonyl (C=O) groups excluding carboxylic acids is 1. The van der Waals surface area contributed by atoms with Crippen LogP contribution in [0.4, 0.5) is 4.79 Å². The van der Waals surface area contributed by atoms with E-state index < -0.39 is 5.60 Å². The SMILES string of the molecule is CN=C(NCCNC(=O)OC(C)(C)C)N1CCCC(C)C1. The number of nitrogens with zero attached hydrogens (tertiary/aromatic N) is 2. The molecular formula is C15H30N4O2. The van der Waals surface area contributed by atoms with Crippen LogP contribution in [0.15, 0.2) is 4.99 Å². The molecule has 1 saturated heterocycles. The van der Waals surface area contributed by atoms with Gasteiger partial charge in [-0.1, -0.05) is 6.92 Å². The van der Waals surface area contributed by atoms with E-state index in [0.717, 1.165) is 19.0 Å². The Morgan fingerprint density at radius 2 is 2.00 bits per heavy atom. The van der Waals surface area contributed by atoms with Crippen LogP contribution in [0.5, 0.6) is 0 Å². The van der Waals surface area contributed by atoms with Crippen molar-refractivity contribution in [2.45, 2.75) is 46.1 Å². The van der Waals surface area contributed by atoms with Crippen LogP contribution in [0.1, 0.15) is 40.5 Å². The first-order valence-electron chi connectivity index (χ1n) is 7.74. The fourth-order valence-electron chi connectivity index (χ4n) is 2.37. The molecule has 0 aromatic rings. The molecule has 0 radical (unpaired) electrons. The van der Waals surface area contributed by atoms with Crippen LogP contribution in [0.2, 0.25) is 0 Å². The van der Waals surface area contributed by atoms with E-state index in [1.54, 1.807) is 7.05 Å². The van der Waals surface area contributed by atoms with Crippen molar-refractivity contribution in [1.82, 2.24) is 15.5 Å². The summed E-state index contributed by atoms with van der Waals surface area (Å²) in [7, 11) is 1.79. The van der Waals surface area contributed by atoms with Gasteiger partial charge in [-0.3, -0.25) is 4.99 Å². The lowest BCUT2D eigenvalue weighted by Gasteiger charge is -2.33. The first-order chi connectivity index (χ1) is 9.81. The number of carbonyl (C=O) groups is 1. The second kappa shape index (κ2) is 8.10. The van der Waals surface area contributed by atoms with E-state index in [-0.39, 0.29) is 6.09 Å². The predicted octanol–water partition coefficient (Wildman–Crippen LogP) is 1.82. The van der Waals surface area contributed by atoms with Crippen molar-refractivity contribution in [2.24, 2.45) is 10.9 Å². The van der Waals surface area contributed by atoms with Crippen LogP contribution in [0, 0.1) is 5.92 Å². The molecule has 1 atom stereocenters. The minimum absolute atomic E-state index is 0.383. The van der Waals surface area contributed by atoms with Crippen LogP contribution < -0.4 is 10.6 Å². The molecule has 6 heteroatoms. The number of rotatable bonds is 3. The predicted molar refractivity (Wildman–Crippen MR) is 85.6 cm³/mol. The number of ether oxygens (including phenoxy) is 1. The Morgan fingerprint density at radius 1 is 1.33 bits per heavy atom. The van der Waals surface area contributed by atoms with Crippen molar-refractivity contribution in [3.05, 3.63) is 0 Å². The average molecular weight is 298 g/mol. The minimum atomic E-state index is -0.461. The van der Waals surface area contributed by atoms with Gasteiger partial charge in [0.05, 0.1) is 0 Å². The van der Waals surface area contributed by atoms with E-state index in [9.17, 15) is 4.79 Å². The normalized spacial score (nSPS) is 20.1. The number of aliphatic imine (C=N–C) groups is 1. The van der Waals surface area contributed by atoms with Gasteiger partial charge < -0.3 is 20.3 Å². The van der Waals surface area contributed by atoms with E-state index in [0.29, 0.717) is 19.0 Å². The second-order valence-corrected chi connectivity index (χ2v) is 6.60. The molecule has 1 heterocycles. The molecule has 0 aliphatic carbocycles. The molecule has 1 rings (SSSR count). The first-order valence-corrected chi connectivity index (χ1v) is 7.74. The summed E-state index contributed by atoms with van der Waals surface area (Å²) in [6.07, 6.45) is 2.11. The third kappa shape index (κ3) is 7.20. The maximum absolute atomic E-state index is 11.5. The third-order valence-corrected chi connectivity index (χ3v) is 3.24. The molecule has 1 unspecified atom stereocenters. The fourth-order valence-corrected chi connectivity index (χ4v) is 2.37. The van der Waals surface area contributed by atoms with E-state index >= 15 is 0 Å². The van der Waals surface area contributed by atoms with Crippen LogP contribution in [0.25, 0.3) is 0 Å². The Morgan fingerprint density at radius 3 is 2.57 bits per heavy atom. The summed E-state index contributed by atoms with van der Waals surface area (Å²) in [5.41, 5.74) is -0.461. The molecule has 21 heavy (non-hydrogen) atoms. The number of amides is 1. The average Bonchev–Trinajstić information content (AvgIpc) is 2.36. The van der Waals surface area contributed by atoms with Gasteiger partial charge in [0.15, 0.2) is 5.96 Å². The number of piperidine rings is 1. The first kappa shape index (κ1) is 17.6. The number of guanidine groups is 1. The quantitative estimate of drug-likeness (QED) is 0.474. The monoisotopic (exact) mass is 298 g/mol. The summed E-state index contributed by atoms with van der Waals surface area (Å²) in [6.45, 7) is 11.1. The van der Waals surface area contributed by atoms with Gasteiger partial charge >= 0.3 is 6.09 Å². The highest BCUT2D eigenvalue weighted by atomic mass is 16.6. The Bertz CT molecular complexity index is 363. The largest absolute Gasteiger partial charge is 0.444 e. The Labute approximate surface area is 128 Å². The van der Waals surface area contributed by atoms with Gasteiger partial charge in [-0.2, -0.15) is 0 Å². The lowest BCUT2D eigenvalue weighted by molar-refractivity contribution is 0.0529. The molecule has 122 valence electrons. The molecule has 0 aromatic heterocycles. The summed E-state index contributed by atoms with van der Waals surface area (Å²) in [5.74, 6) is 1.62. The van der Waals surface area contributed by atoms with Crippen LogP contribution in [-0.4, -0.2) is 55.8 Å². The maximum atomic E-state index is 11.5. The molecule has 2 N–H and O–H groups in total. The van der Waals surface area contributed by atoms with Gasteiger partial charge in [-0.05, 0) is 39.5 Å². The van der Waals surface area contributed by atoms with Gasteiger partial charge in [0.2, 0.25) is 0 Å². The summed E-state index contributed by atoms with van der Waals surface area (Å²) in [5, 5.41) is 6.02. The Hall–Kier alpha value is -1.46. The second-order valence-electron chi connectivity index (χ2n) is 6.60. The maximum Gasteiger partial charge on any atom is 0.407 e. The van der Waals surface area contributed by atoms with E-state index in [1.165, 1.54) is 12.8 Å². The van der Waals surface area contributed by atoms with Crippen LogP contribution in [-0.2, 0) is 4.74 Å². The zero-order chi connectivity index (χ0) is 15.9. The molecule has 1 amide bonds. The number of likely N-dealkylation sites (tertiary alicyclic amines) is 1. The highest BCUT2D eigenvalue weighted by Crippen LogP contribution is 2.15. The van der Waals surface area contributed by atoms with Gasteiger partial charge in [0.25, 0.3) is 0 Å². The topological polar surface area (TPSA) is 66.0 Å². The zero-order valence-electron chi connectivity index (χ0n) is 14.0. The van der Waals surface area contributed by atoms with Crippen molar-refractivity contribution in [3.8, 4) is 0 Å². The number of hydrogen-bond acceptors (Lipinski definition) is 3. The van der Waals surface area contributed by atoms with Gasteiger partial charge in [0, 0.05) is 33.2 Å². The molecule has 0 aromatic carbocycles. The summed E-state index contributed by atoms with van der Waals surface area (Å²) in [6, 6.07) is 0. The number of hydrogen-bond donors (Lipinski definition) is 2. The van der Waals surface area contributed by atoms with Gasteiger partial charge in [0.1, 0.15) is 5.60 Å². The van der Waals surface area contributed by atoms with Crippen molar-refractivity contribution in [1.29, 1.82) is 0 Å². The number of nitrogens with one attached hydrogen (secondary N) is 2. The van der Waals surface area contributed by atoms with Crippen molar-refractivity contribution < 1.29 is 9.53 Å². The molecule has 1 fully saturated rings. The number of alkyl carbamates (subject to hydrolysis) is 1. The van der Waals surface area contributed by atoms with Crippen molar-refractivity contribution >= 4 is 12.1 Å². The fraction of sp³-hybridized carbons (Fsp3) is 0.867. The zero-order valence-corrected chi connectivity index (χ0v) is 14.0. The third-order valence-electron chi connectivity index (χ3n) is 3.24. The lowest BCUT2D eigenvalue weighted by atomic mass is 10.0. The molecule has 1 aliphatic heterocycles.